The van der Waals surface area contributed by atoms with E-state index in [0.29, 0.717) is 25.6 Å². The zero-order valence-corrected chi connectivity index (χ0v) is 15.2. The van der Waals surface area contributed by atoms with Gasteiger partial charge in [-0.2, -0.15) is 0 Å². The molecule has 1 saturated heterocycles. The smallest absolute Gasteiger partial charge is 0.234 e. The lowest BCUT2D eigenvalue weighted by Crippen LogP contribution is -2.49. The van der Waals surface area contributed by atoms with E-state index >= 15 is 0 Å². The number of ether oxygens (including phenoxy) is 1. The van der Waals surface area contributed by atoms with Gasteiger partial charge >= 0.3 is 0 Å². The van der Waals surface area contributed by atoms with Crippen LogP contribution in [-0.4, -0.2) is 75.2 Å². The molecule has 5 nitrogen and oxygen atoms in total. The van der Waals surface area contributed by atoms with Crippen LogP contribution in [0.3, 0.4) is 0 Å². The van der Waals surface area contributed by atoms with Crippen molar-refractivity contribution in [2.24, 2.45) is 0 Å². The summed E-state index contributed by atoms with van der Waals surface area (Å²) in [6.07, 6.45) is 1.21. The van der Waals surface area contributed by atoms with E-state index < -0.39 is 0 Å². The van der Waals surface area contributed by atoms with Crippen molar-refractivity contribution in [1.82, 2.24) is 15.1 Å². The van der Waals surface area contributed by atoms with E-state index in [9.17, 15) is 4.79 Å². The number of nitrogens with zero attached hydrogens (tertiary/aromatic N) is 2. The number of carbonyl (C=O) groups is 1. The molecule has 0 radical (unpaired) electrons. The van der Waals surface area contributed by atoms with Gasteiger partial charge in [0.05, 0.1) is 19.3 Å². The number of carbonyl (C=O) groups excluding carboxylic acids is 1. The van der Waals surface area contributed by atoms with Crippen LogP contribution in [0.1, 0.15) is 24.8 Å². The van der Waals surface area contributed by atoms with E-state index in [-0.39, 0.29) is 12.0 Å². The Balaban J connectivity index is 1.76. The Morgan fingerprint density at radius 3 is 2.79 bits per heavy atom. The normalized spacial score (nSPS) is 20.1. The predicted molar refractivity (Wildman–Crippen MR) is 97.2 cm³/mol. The highest BCUT2D eigenvalue weighted by atomic mass is 16.5. The van der Waals surface area contributed by atoms with Crippen LogP contribution in [0.25, 0.3) is 0 Å². The number of likely N-dealkylation sites (N-methyl/N-ethyl adjacent to an activating group) is 1. The van der Waals surface area contributed by atoms with E-state index in [2.05, 4.69) is 46.3 Å². The Hall–Kier alpha value is -1.43. The van der Waals surface area contributed by atoms with Gasteiger partial charge in [-0.3, -0.25) is 9.69 Å². The lowest BCUT2D eigenvalue weighted by molar-refractivity contribution is -0.124. The van der Waals surface area contributed by atoms with Crippen LogP contribution < -0.4 is 5.32 Å². The second-order valence-corrected chi connectivity index (χ2v) is 6.81. The zero-order valence-electron chi connectivity index (χ0n) is 15.2. The maximum atomic E-state index is 12.3. The Morgan fingerprint density at radius 1 is 1.38 bits per heavy atom. The van der Waals surface area contributed by atoms with Gasteiger partial charge in [-0.05, 0) is 26.1 Å². The van der Waals surface area contributed by atoms with Gasteiger partial charge in [-0.15, -0.1) is 0 Å². The van der Waals surface area contributed by atoms with E-state index in [4.69, 9.17) is 4.74 Å². The molecule has 0 saturated carbocycles. The van der Waals surface area contributed by atoms with Crippen molar-refractivity contribution in [3.05, 3.63) is 35.9 Å². The lowest BCUT2D eigenvalue weighted by Gasteiger charge is -2.33. The van der Waals surface area contributed by atoms with Crippen molar-refractivity contribution in [2.75, 3.05) is 53.4 Å². The molecule has 2 rings (SSSR count). The fourth-order valence-electron chi connectivity index (χ4n) is 3.16. The number of amides is 1. The molecule has 0 bridgehead atoms. The monoisotopic (exact) mass is 333 g/mol. The van der Waals surface area contributed by atoms with E-state index in [1.807, 2.05) is 20.2 Å². The van der Waals surface area contributed by atoms with Crippen LogP contribution in [0, 0.1) is 0 Å². The van der Waals surface area contributed by atoms with Crippen LogP contribution in [-0.2, 0) is 9.53 Å². The minimum absolute atomic E-state index is 0.106. The molecule has 1 aliphatic rings. The first-order valence-corrected chi connectivity index (χ1v) is 8.88. The topological polar surface area (TPSA) is 44.8 Å². The van der Waals surface area contributed by atoms with Crippen LogP contribution in [0.4, 0.5) is 0 Å². The van der Waals surface area contributed by atoms with Crippen molar-refractivity contribution in [3.63, 3.8) is 0 Å². The molecule has 1 aromatic carbocycles. The third-order valence-corrected chi connectivity index (χ3v) is 4.47. The Kier molecular flexibility index (Phi) is 7.69. The van der Waals surface area contributed by atoms with Crippen LogP contribution >= 0.6 is 0 Å². The van der Waals surface area contributed by atoms with Crippen molar-refractivity contribution in [2.45, 2.75) is 25.4 Å². The van der Waals surface area contributed by atoms with Crippen molar-refractivity contribution in [1.29, 1.82) is 0 Å². The second kappa shape index (κ2) is 9.77. The highest BCUT2D eigenvalue weighted by Crippen LogP contribution is 2.17. The fraction of sp³-hybridized carbons (Fsp3) is 0.632. The largest absolute Gasteiger partial charge is 0.374 e. The molecule has 1 heterocycles. The van der Waals surface area contributed by atoms with Gasteiger partial charge in [0, 0.05) is 32.1 Å². The third-order valence-electron chi connectivity index (χ3n) is 4.47. The molecular formula is C19H31N3O2. The summed E-state index contributed by atoms with van der Waals surface area (Å²) in [6, 6.07) is 10.4. The van der Waals surface area contributed by atoms with Gasteiger partial charge in [0.15, 0.2) is 0 Å². The van der Waals surface area contributed by atoms with E-state index in [1.54, 1.807) is 0 Å². The minimum Gasteiger partial charge on any atom is -0.374 e. The van der Waals surface area contributed by atoms with Crippen molar-refractivity contribution in [3.8, 4) is 0 Å². The van der Waals surface area contributed by atoms with Gasteiger partial charge in [-0.25, -0.2) is 0 Å². The highest BCUT2D eigenvalue weighted by molar-refractivity contribution is 5.78. The number of hydrogen-bond acceptors (Lipinski definition) is 4. The third kappa shape index (κ3) is 6.23. The zero-order chi connectivity index (χ0) is 17.4. The summed E-state index contributed by atoms with van der Waals surface area (Å²) < 4.78 is 5.76. The van der Waals surface area contributed by atoms with Crippen molar-refractivity contribution < 1.29 is 9.53 Å². The first-order chi connectivity index (χ1) is 11.6. The summed E-state index contributed by atoms with van der Waals surface area (Å²) in [6.45, 7) is 6.56. The molecule has 24 heavy (non-hydrogen) atoms. The van der Waals surface area contributed by atoms with Crippen molar-refractivity contribution >= 4 is 5.91 Å². The SMILES string of the molecule is CC[C@@H](CNC(=O)CN1CCO[C@@H](CN(C)C)C1)c1ccccc1. The Bertz CT molecular complexity index is 493. The molecule has 0 spiro atoms. The van der Waals surface area contributed by atoms with E-state index in [0.717, 1.165) is 26.1 Å². The molecule has 1 amide bonds. The molecular weight excluding hydrogens is 302 g/mol. The van der Waals surface area contributed by atoms with Crippen LogP contribution in [0.2, 0.25) is 0 Å². The van der Waals surface area contributed by atoms with E-state index in [1.165, 1.54) is 5.56 Å². The summed E-state index contributed by atoms with van der Waals surface area (Å²) in [7, 11) is 4.09. The number of nitrogens with one attached hydrogen (secondary N) is 1. The lowest BCUT2D eigenvalue weighted by atomic mass is 9.96. The molecule has 2 atom stereocenters. The predicted octanol–water partition coefficient (Wildman–Crippen LogP) is 1.56. The quantitative estimate of drug-likeness (QED) is 0.784. The second-order valence-electron chi connectivity index (χ2n) is 6.81. The maximum Gasteiger partial charge on any atom is 0.234 e. The molecule has 0 aromatic heterocycles. The minimum atomic E-state index is 0.106. The molecule has 1 aromatic rings. The van der Waals surface area contributed by atoms with Gasteiger partial charge in [-0.1, -0.05) is 37.3 Å². The van der Waals surface area contributed by atoms with Gasteiger partial charge < -0.3 is 15.0 Å². The summed E-state index contributed by atoms with van der Waals surface area (Å²) in [5.41, 5.74) is 1.29. The first-order valence-electron chi connectivity index (χ1n) is 8.88. The summed E-state index contributed by atoms with van der Waals surface area (Å²) >= 11 is 0. The standard InChI is InChI=1S/C19H31N3O2/c1-4-16(17-8-6-5-7-9-17)12-20-19(23)15-22-10-11-24-18(14-22)13-21(2)3/h5-9,16,18H,4,10-15H2,1-3H3,(H,20,23)/t16-,18-/m0/s1. The van der Waals surface area contributed by atoms with Gasteiger partial charge in [0.25, 0.3) is 0 Å². The number of benzene rings is 1. The summed E-state index contributed by atoms with van der Waals surface area (Å²) in [4.78, 5) is 16.6. The molecule has 0 unspecified atom stereocenters. The van der Waals surface area contributed by atoms with Gasteiger partial charge in [0.2, 0.25) is 5.91 Å². The molecule has 1 aliphatic heterocycles. The molecule has 134 valence electrons. The molecule has 1 N–H and O–H groups in total. The average molecular weight is 333 g/mol. The molecule has 5 heteroatoms. The first kappa shape index (κ1) is 18.9. The Labute approximate surface area is 146 Å². The Morgan fingerprint density at radius 2 is 2.12 bits per heavy atom. The number of rotatable bonds is 8. The maximum absolute atomic E-state index is 12.3. The highest BCUT2D eigenvalue weighted by Gasteiger charge is 2.22. The van der Waals surface area contributed by atoms with Gasteiger partial charge in [0.1, 0.15) is 0 Å². The van der Waals surface area contributed by atoms with Crippen LogP contribution in [0.5, 0.6) is 0 Å². The number of morpholine rings is 1. The summed E-state index contributed by atoms with van der Waals surface area (Å²) in [5, 5.41) is 3.10. The molecule has 0 aliphatic carbocycles. The molecule has 1 fully saturated rings. The van der Waals surface area contributed by atoms with Crippen LogP contribution in [0.15, 0.2) is 30.3 Å². The number of hydrogen-bond donors (Lipinski definition) is 1. The average Bonchev–Trinajstić information content (AvgIpc) is 2.56. The fourth-order valence-corrected chi connectivity index (χ4v) is 3.16. The summed E-state index contributed by atoms with van der Waals surface area (Å²) in [5.74, 6) is 0.483.